The second-order valence-electron chi connectivity index (χ2n) is 4.60. The number of hydrogen-bond acceptors (Lipinski definition) is 4. The molecule has 7 heteroatoms. The van der Waals surface area contributed by atoms with Crippen LogP contribution < -0.4 is 15.2 Å². The number of aryl methyl sites for hydroxylation is 1. The summed E-state index contributed by atoms with van der Waals surface area (Å²) >= 11 is 3.27. The SMILES string of the molecule is COc1ccc(CN(C)c2cnn(C)c(=O)c2Br)cc1F. The number of aromatic nitrogens is 2. The predicted molar refractivity (Wildman–Crippen MR) is 82.2 cm³/mol. The molecule has 1 aromatic carbocycles. The Bertz CT molecular complexity index is 718. The van der Waals surface area contributed by atoms with Gasteiger partial charge in [-0.2, -0.15) is 5.10 Å². The van der Waals surface area contributed by atoms with Gasteiger partial charge >= 0.3 is 0 Å². The van der Waals surface area contributed by atoms with E-state index in [2.05, 4.69) is 21.0 Å². The minimum Gasteiger partial charge on any atom is -0.494 e. The average molecular weight is 356 g/mol. The Morgan fingerprint density at radius 2 is 2.19 bits per heavy atom. The summed E-state index contributed by atoms with van der Waals surface area (Å²) in [6.07, 6.45) is 1.59. The standard InChI is InChI=1S/C14H15BrFN3O2/c1-18(11-7-17-19(2)14(20)13(11)15)8-9-4-5-12(21-3)10(16)6-9/h4-7H,8H2,1-3H3. The summed E-state index contributed by atoms with van der Waals surface area (Å²) in [5.41, 5.74) is 1.19. The summed E-state index contributed by atoms with van der Waals surface area (Å²) in [4.78, 5) is 13.7. The van der Waals surface area contributed by atoms with Crippen molar-refractivity contribution in [2.45, 2.75) is 6.54 Å². The number of nitrogens with zero attached hydrogens (tertiary/aromatic N) is 3. The van der Waals surface area contributed by atoms with E-state index in [4.69, 9.17) is 4.74 Å². The summed E-state index contributed by atoms with van der Waals surface area (Å²) in [7, 11) is 4.81. The van der Waals surface area contributed by atoms with Gasteiger partial charge in [0, 0.05) is 20.6 Å². The lowest BCUT2D eigenvalue weighted by Crippen LogP contribution is -2.25. The Balaban J connectivity index is 2.26. The summed E-state index contributed by atoms with van der Waals surface area (Å²) < 4.78 is 20.2. The molecule has 0 aliphatic rings. The van der Waals surface area contributed by atoms with Crippen LogP contribution in [0.25, 0.3) is 0 Å². The molecular formula is C14H15BrFN3O2. The molecule has 0 saturated carbocycles. The van der Waals surface area contributed by atoms with Crippen molar-refractivity contribution in [2.24, 2.45) is 7.05 Å². The largest absolute Gasteiger partial charge is 0.494 e. The molecule has 0 radical (unpaired) electrons. The van der Waals surface area contributed by atoms with Crippen LogP contribution in [0.4, 0.5) is 10.1 Å². The average Bonchev–Trinajstić information content (AvgIpc) is 2.45. The minimum atomic E-state index is -0.412. The quantitative estimate of drug-likeness (QED) is 0.844. The lowest BCUT2D eigenvalue weighted by Gasteiger charge is -2.20. The molecule has 5 nitrogen and oxygen atoms in total. The third-order valence-corrected chi connectivity index (χ3v) is 3.85. The third-order valence-electron chi connectivity index (χ3n) is 3.11. The van der Waals surface area contributed by atoms with Crippen molar-refractivity contribution in [3.63, 3.8) is 0 Å². The minimum absolute atomic E-state index is 0.206. The second-order valence-corrected chi connectivity index (χ2v) is 5.39. The summed E-state index contributed by atoms with van der Waals surface area (Å²) in [6.45, 7) is 0.439. The number of rotatable bonds is 4. The Hall–Kier alpha value is -1.89. The number of halogens is 2. The van der Waals surface area contributed by atoms with Gasteiger partial charge in [-0.15, -0.1) is 0 Å². The van der Waals surface area contributed by atoms with E-state index in [9.17, 15) is 9.18 Å². The fraction of sp³-hybridized carbons (Fsp3) is 0.286. The first-order valence-electron chi connectivity index (χ1n) is 6.19. The van der Waals surface area contributed by atoms with Crippen LogP contribution in [-0.4, -0.2) is 23.9 Å². The van der Waals surface area contributed by atoms with Crippen molar-refractivity contribution < 1.29 is 9.13 Å². The van der Waals surface area contributed by atoms with Crippen molar-refractivity contribution in [1.29, 1.82) is 0 Å². The lowest BCUT2D eigenvalue weighted by atomic mass is 10.2. The molecule has 0 N–H and O–H groups in total. The van der Waals surface area contributed by atoms with E-state index in [1.165, 1.54) is 17.9 Å². The molecule has 2 rings (SSSR count). The summed E-state index contributed by atoms with van der Waals surface area (Å²) in [5, 5.41) is 3.99. The molecule has 0 fully saturated rings. The molecule has 0 bridgehead atoms. The van der Waals surface area contributed by atoms with Crippen molar-refractivity contribution in [1.82, 2.24) is 9.78 Å². The van der Waals surface area contributed by atoms with E-state index in [0.717, 1.165) is 5.56 Å². The van der Waals surface area contributed by atoms with E-state index in [1.807, 2.05) is 11.9 Å². The first kappa shape index (κ1) is 15.5. The molecule has 0 unspecified atom stereocenters. The topological polar surface area (TPSA) is 47.4 Å². The van der Waals surface area contributed by atoms with Crippen LogP contribution in [0.5, 0.6) is 5.75 Å². The van der Waals surface area contributed by atoms with E-state index in [1.54, 1.807) is 25.4 Å². The van der Waals surface area contributed by atoms with Crippen LogP contribution in [0.1, 0.15) is 5.56 Å². The number of methoxy groups -OCH3 is 1. The molecule has 21 heavy (non-hydrogen) atoms. The maximum Gasteiger partial charge on any atom is 0.282 e. The zero-order valence-corrected chi connectivity index (χ0v) is 13.5. The van der Waals surface area contributed by atoms with Gasteiger partial charge in [0.2, 0.25) is 0 Å². The van der Waals surface area contributed by atoms with E-state index < -0.39 is 5.82 Å². The molecule has 1 heterocycles. The van der Waals surface area contributed by atoms with Gasteiger partial charge in [0.05, 0.1) is 19.0 Å². The predicted octanol–water partition coefficient (Wildman–Crippen LogP) is 2.33. The highest BCUT2D eigenvalue weighted by molar-refractivity contribution is 9.10. The smallest absolute Gasteiger partial charge is 0.282 e. The first-order chi connectivity index (χ1) is 9.93. The Kier molecular flexibility index (Phi) is 4.62. The Morgan fingerprint density at radius 1 is 1.48 bits per heavy atom. The number of hydrogen-bond donors (Lipinski definition) is 0. The van der Waals surface area contributed by atoms with Gasteiger partial charge in [-0.05, 0) is 33.6 Å². The molecule has 112 valence electrons. The van der Waals surface area contributed by atoms with Gasteiger partial charge in [0.1, 0.15) is 4.47 Å². The van der Waals surface area contributed by atoms with Crippen LogP contribution >= 0.6 is 15.9 Å². The second kappa shape index (κ2) is 6.26. The van der Waals surface area contributed by atoms with Crippen LogP contribution in [-0.2, 0) is 13.6 Å². The highest BCUT2D eigenvalue weighted by Crippen LogP contribution is 2.23. The molecule has 0 amide bonds. The van der Waals surface area contributed by atoms with Crippen LogP contribution in [0.2, 0.25) is 0 Å². The van der Waals surface area contributed by atoms with Crippen LogP contribution in [0.3, 0.4) is 0 Å². The van der Waals surface area contributed by atoms with Gasteiger partial charge in [-0.25, -0.2) is 9.07 Å². The molecule has 0 atom stereocenters. The Morgan fingerprint density at radius 3 is 2.81 bits per heavy atom. The van der Waals surface area contributed by atoms with E-state index in [0.29, 0.717) is 16.7 Å². The van der Waals surface area contributed by atoms with Gasteiger partial charge in [-0.3, -0.25) is 4.79 Å². The highest BCUT2D eigenvalue weighted by atomic mass is 79.9. The highest BCUT2D eigenvalue weighted by Gasteiger charge is 2.12. The molecule has 0 aliphatic heterocycles. The normalized spacial score (nSPS) is 10.5. The van der Waals surface area contributed by atoms with Crippen molar-refractivity contribution >= 4 is 21.6 Å². The molecule has 0 aliphatic carbocycles. The Labute approximate surface area is 130 Å². The van der Waals surface area contributed by atoms with Crippen LogP contribution in [0, 0.1) is 5.82 Å². The molecule has 0 spiro atoms. The molecule has 1 aromatic heterocycles. The van der Waals surface area contributed by atoms with Gasteiger partial charge in [0.15, 0.2) is 11.6 Å². The zero-order valence-electron chi connectivity index (χ0n) is 11.9. The maximum atomic E-state index is 13.7. The molecular weight excluding hydrogens is 341 g/mol. The number of anilines is 1. The van der Waals surface area contributed by atoms with Crippen LogP contribution in [0.15, 0.2) is 33.7 Å². The lowest BCUT2D eigenvalue weighted by molar-refractivity contribution is 0.386. The fourth-order valence-electron chi connectivity index (χ4n) is 1.94. The maximum absolute atomic E-state index is 13.7. The fourth-order valence-corrected chi connectivity index (χ4v) is 2.60. The summed E-state index contributed by atoms with van der Waals surface area (Å²) in [5.74, 6) is -0.206. The zero-order chi connectivity index (χ0) is 15.6. The van der Waals surface area contributed by atoms with E-state index >= 15 is 0 Å². The van der Waals surface area contributed by atoms with E-state index in [-0.39, 0.29) is 11.3 Å². The first-order valence-corrected chi connectivity index (χ1v) is 6.98. The van der Waals surface area contributed by atoms with Crippen molar-refractivity contribution in [3.8, 4) is 5.75 Å². The third kappa shape index (κ3) is 3.24. The number of ether oxygens (including phenoxy) is 1. The monoisotopic (exact) mass is 355 g/mol. The molecule has 0 saturated heterocycles. The van der Waals surface area contributed by atoms with Crippen molar-refractivity contribution in [3.05, 3.63) is 50.6 Å². The molecule has 2 aromatic rings. The summed E-state index contributed by atoms with van der Waals surface area (Å²) in [6, 6.07) is 4.77. The van der Waals surface area contributed by atoms with Gasteiger partial charge in [0.25, 0.3) is 5.56 Å². The number of benzene rings is 1. The van der Waals surface area contributed by atoms with Gasteiger partial charge in [-0.1, -0.05) is 6.07 Å². The van der Waals surface area contributed by atoms with Gasteiger partial charge < -0.3 is 9.64 Å². The van der Waals surface area contributed by atoms with Crippen molar-refractivity contribution in [2.75, 3.05) is 19.1 Å².